The Kier molecular flexibility index (Phi) is 7.84. The number of anilines is 2. The number of nitrogens with one attached hydrogen (secondary N) is 3. The van der Waals surface area contributed by atoms with Crippen molar-refractivity contribution in [3.63, 3.8) is 0 Å². The van der Waals surface area contributed by atoms with Gasteiger partial charge in [-0.15, -0.1) is 0 Å². The molecule has 33 heavy (non-hydrogen) atoms. The summed E-state index contributed by atoms with van der Waals surface area (Å²) in [5.74, 6) is 0.643. The summed E-state index contributed by atoms with van der Waals surface area (Å²) >= 11 is 6.62. The first-order valence-corrected chi connectivity index (χ1v) is 12.1. The number of pyridine rings is 1. The zero-order valence-electron chi connectivity index (χ0n) is 19.3. The fourth-order valence-corrected chi connectivity index (χ4v) is 4.89. The smallest absolute Gasteiger partial charge is 0.126 e. The van der Waals surface area contributed by atoms with Gasteiger partial charge in [-0.3, -0.25) is 0 Å². The van der Waals surface area contributed by atoms with Crippen molar-refractivity contribution in [3.05, 3.63) is 76.7 Å². The molecular formula is C27H32ClFN4. The Balaban J connectivity index is 1.55. The molecule has 3 aromatic rings. The first-order valence-electron chi connectivity index (χ1n) is 11.8. The van der Waals surface area contributed by atoms with Crippen LogP contribution in [0.15, 0.2) is 54.7 Å². The lowest BCUT2D eigenvalue weighted by molar-refractivity contribution is 0.371. The van der Waals surface area contributed by atoms with Crippen molar-refractivity contribution in [2.45, 2.75) is 57.7 Å². The predicted octanol–water partition coefficient (Wildman–Crippen LogP) is 6.66. The quantitative estimate of drug-likeness (QED) is 0.347. The molecule has 3 N–H and O–H groups in total. The van der Waals surface area contributed by atoms with Gasteiger partial charge >= 0.3 is 0 Å². The SMILES string of the molecule is CCc1c(NCc2cccc(F)c2)cccc1-c1cc(NC2CCC(NC)CC2)ncc1Cl. The fourth-order valence-electron chi connectivity index (χ4n) is 4.69. The van der Waals surface area contributed by atoms with Gasteiger partial charge in [0, 0.05) is 36.1 Å². The second-order valence-electron chi connectivity index (χ2n) is 8.70. The number of hydrogen-bond acceptors (Lipinski definition) is 4. The number of nitrogens with zero attached hydrogens (tertiary/aromatic N) is 1. The van der Waals surface area contributed by atoms with Crippen LogP contribution in [0.1, 0.15) is 43.7 Å². The highest BCUT2D eigenvalue weighted by molar-refractivity contribution is 6.33. The van der Waals surface area contributed by atoms with E-state index in [1.807, 2.05) is 19.2 Å². The Morgan fingerprint density at radius 1 is 1.00 bits per heavy atom. The molecule has 1 heterocycles. The Morgan fingerprint density at radius 2 is 1.76 bits per heavy atom. The molecule has 1 fully saturated rings. The van der Waals surface area contributed by atoms with Crippen LogP contribution in [0.2, 0.25) is 5.02 Å². The number of benzene rings is 2. The van der Waals surface area contributed by atoms with Crippen LogP contribution in [0.25, 0.3) is 11.1 Å². The molecule has 0 bridgehead atoms. The van der Waals surface area contributed by atoms with Crippen molar-refractivity contribution in [2.75, 3.05) is 17.7 Å². The van der Waals surface area contributed by atoms with E-state index in [1.165, 1.54) is 24.5 Å². The monoisotopic (exact) mass is 466 g/mol. The third-order valence-corrected chi connectivity index (χ3v) is 6.84. The van der Waals surface area contributed by atoms with Crippen molar-refractivity contribution in [1.29, 1.82) is 0 Å². The molecule has 0 spiro atoms. The zero-order chi connectivity index (χ0) is 23.2. The third kappa shape index (κ3) is 5.84. The van der Waals surface area contributed by atoms with Gasteiger partial charge in [-0.1, -0.05) is 42.8 Å². The maximum atomic E-state index is 13.6. The molecule has 174 valence electrons. The van der Waals surface area contributed by atoms with Gasteiger partial charge in [0.1, 0.15) is 11.6 Å². The van der Waals surface area contributed by atoms with Gasteiger partial charge in [-0.25, -0.2) is 9.37 Å². The molecule has 1 aromatic heterocycles. The second kappa shape index (κ2) is 11.0. The first-order chi connectivity index (χ1) is 16.1. The summed E-state index contributed by atoms with van der Waals surface area (Å²) in [5.41, 5.74) is 5.19. The van der Waals surface area contributed by atoms with E-state index in [1.54, 1.807) is 18.3 Å². The van der Waals surface area contributed by atoms with Gasteiger partial charge in [0.2, 0.25) is 0 Å². The molecule has 6 heteroatoms. The van der Waals surface area contributed by atoms with E-state index in [2.05, 4.69) is 46.1 Å². The van der Waals surface area contributed by atoms with Crippen LogP contribution >= 0.6 is 11.6 Å². The molecule has 1 aliphatic rings. The van der Waals surface area contributed by atoms with Crippen LogP contribution in [0, 0.1) is 5.82 Å². The van der Waals surface area contributed by atoms with Crippen LogP contribution in [0.5, 0.6) is 0 Å². The van der Waals surface area contributed by atoms with Gasteiger partial charge in [0.25, 0.3) is 0 Å². The van der Waals surface area contributed by atoms with Crippen molar-refractivity contribution in [2.24, 2.45) is 0 Å². The van der Waals surface area contributed by atoms with Crippen molar-refractivity contribution in [3.8, 4) is 11.1 Å². The molecule has 2 aromatic carbocycles. The van der Waals surface area contributed by atoms with E-state index >= 15 is 0 Å². The molecule has 0 atom stereocenters. The Bertz CT molecular complexity index is 1080. The van der Waals surface area contributed by atoms with E-state index < -0.39 is 0 Å². The molecule has 4 rings (SSSR count). The standard InChI is InChI=1S/C27H32ClFN4/c1-3-22-23(8-5-9-26(22)31-16-18-6-4-7-19(29)14-18)24-15-27(32-17-25(24)28)33-21-12-10-20(30-2)11-13-21/h4-9,14-15,17,20-21,30-31H,3,10-13,16H2,1-2H3,(H,32,33). The van der Waals surface area contributed by atoms with Crippen LogP contribution in [0.4, 0.5) is 15.9 Å². The zero-order valence-corrected chi connectivity index (χ0v) is 20.1. The molecule has 0 radical (unpaired) electrons. The average molecular weight is 467 g/mol. The molecular weight excluding hydrogens is 435 g/mol. The summed E-state index contributed by atoms with van der Waals surface area (Å²) in [4.78, 5) is 4.55. The number of hydrogen-bond donors (Lipinski definition) is 3. The lowest BCUT2D eigenvalue weighted by atomic mass is 9.91. The van der Waals surface area contributed by atoms with Crippen LogP contribution in [-0.2, 0) is 13.0 Å². The molecule has 1 saturated carbocycles. The summed E-state index contributed by atoms with van der Waals surface area (Å²) in [5, 5.41) is 11.1. The highest BCUT2D eigenvalue weighted by Gasteiger charge is 2.21. The molecule has 0 aliphatic heterocycles. The Hall–Kier alpha value is -2.63. The van der Waals surface area contributed by atoms with Gasteiger partial charge in [0.15, 0.2) is 0 Å². The van der Waals surface area contributed by atoms with Crippen LogP contribution in [0.3, 0.4) is 0 Å². The van der Waals surface area contributed by atoms with E-state index in [0.29, 0.717) is 23.7 Å². The number of halogens is 2. The normalized spacial score (nSPS) is 18.2. The summed E-state index contributed by atoms with van der Waals surface area (Å²) in [6.07, 6.45) is 7.19. The number of aromatic nitrogens is 1. The second-order valence-corrected chi connectivity index (χ2v) is 9.11. The fraction of sp³-hybridized carbons (Fsp3) is 0.370. The molecule has 4 nitrogen and oxygen atoms in total. The van der Waals surface area contributed by atoms with Crippen molar-refractivity contribution < 1.29 is 4.39 Å². The summed E-state index contributed by atoms with van der Waals surface area (Å²) in [6, 6.07) is 16.0. The third-order valence-electron chi connectivity index (χ3n) is 6.53. The van der Waals surface area contributed by atoms with Crippen LogP contribution < -0.4 is 16.0 Å². The minimum atomic E-state index is -0.221. The van der Waals surface area contributed by atoms with Gasteiger partial charge in [-0.2, -0.15) is 0 Å². The molecule has 1 aliphatic carbocycles. The number of rotatable bonds is 8. The lowest BCUT2D eigenvalue weighted by Gasteiger charge is -2.29. The highest BCUT2D eigenvalue weighted by Crippen LogP contribution is 2.36. The van der Waals surface area contributed by atoms with Crippen molar-refractivity contribution in [1.82, 2.24) is 10.3 Å². The molecule has 0 unspecified atom stereocenters. The maximum absolute atomic E-state index is 13.6. The van der Waals surface area contributed by atoms with E-state index in [4.69, 9.17) is 11.6 Å². The molecule has 0 amide bonds. The lowest BCUT2D eigenvalue weighted by Crippen LogP contribution is -2.35. The Morgan fingerprint density at radius 3 is 2.48 bits per heavy atom. The topological polar surface area (TPSA) is 49.0 Å². The molecule has 0 saturated heterocycles. The summed E-state index contributed by atoms with van der Waals surface area (Å²) < 4.78 is 13.6. The van der Waals surface area contributed by atoms with Gasteiger partial charge < -0.3 is 16.0 Å². The summed E-state index contributed by atoms with van der Waals surface area (Å²) in [6.45, 7) is 2.70. The largest absolute Gasteiger partial charge is 0.381 e. The predicted molar refractivity (Wildman–Crippen MR) is 137 cm³/mol. The maximum Gasteiger partial charge on any atom is 0.126 e. The average Bonchev–Trinajstić information content (AvgIpc) is 2.84. The van der Waals surface area contributed by atoms with Crippen molar-refractivity contribution >= 4 is 23.1 Å². The highest BCUT2D eigenvalue weighted by atomic mass is 35.5. The van der Waals surface area contributed by atoms with E-state index in [0.717, 1.165) is 47.5 Å². The minimum absolute atomic E-state index is 0.221. The minimum Gasteiger partial charge on any atom is -0.381 e. The van der Waals surface area contributed by atoms with E-state index in [9.17, 15) is 4.39 Å². The van der Waals surface area contributed by atoms with E-state index in [-0.39, 0.29) is 5.82 Å². The van der Waals surface area contributed by atoms with Gasteiger partial charge in [-0.05, 0) is 80.1 Å². The van der Waals surface area contributed by atoms with Crippen LogP contribution in [-0.4, -0.2) is 24.1 Å². The first kappa shape index (κ1) is 23.5. The summed E-state index contributed by atoms with van der Waals surface area (Å²) in [7, 11) is 2.04. The van der Waals surface area contributed by atoms with Gasteiger partial charge in [0.05, 0.1) is 5.02 Å². The Labute approximate surface area is 201 Å².